The number of hydrogen-bond donors (Lipinski definition) is 2. The van der Waals surface area contributed by atoms with Gasteiger partial charge in [0.1, 0.15) is 6.10 Å². The van der Waals surface area contributed by atoms with Crippen LogP contribution in [0.2, 0.25) is 0 Å². The second-order valence-corrected chi connectivity index (χ2v) is 5.53. The SMILES string of the molecule is CC(C)NC(N)=NCc1ccc(OC2CCCC2)nc1. The van der Waals surface area contributed by atoms with Crippen molar-refractivity contribution in [2.75, 3.05) is 0 Å². The van der Waals surface area contributed by atoms with E-state index in [0.29, 0.717) is 30.5 Å². The highest BCUT2D eigenvalue weighted by molar-refractivity contribution is 5.78. The van der Waals surface area contributed by atoms with E-state index in [9.17, 15) is 0 Å². The maximum Gasteiger partial charge on any atom is 0.213 e. The normalized spacial score (nSPS) is 16.6. The first kappa shape index (κ1) is 14.6. The zero-order valence-corrected chi connectivity index (χ0v) is 12.3. The van der Waals surface area contributed by atoms with E-state index in [1.54, 1.807) is 6.20 Å². The van der Waals surface area contributed by atoms with Crippen LogP contribution in [0, 0.1) is 0 Å². The molecular formula is C15H24N4O. The molecule has 1 fully saturated rings. The molecule has 0 bridgehead atoms. The molecule has 2 rings (SSSR count). The number of pyridine rings is 1. The Bertz CT molecular complexity index is 436. The number of aliphatic imine (C=N–C) groups is 1. The summed E-state index contributed by atoms with van der Waals surface area (Å²) in [6, 6.07) is 4.19. The van der Waals surface area contributed by atoms with Crippen LogP contribution in [0.25, 0.3) is 0 Å². The summed E-state index contributed by atoms with van der Waals surface area (Å²) in [6.45, 7) is 4.58. The molecule has 0 aromatic carbocycles. The zero-order valence-electron chi connectivity index (χ0n) is 12.3. The largest absolute Gasteiger partial charge is 0.474 e. The molecule has 0 unspecified atom stereocenters. The number of hydrogen-bond acceptors (Lipinski definition) is 3. The average Bonchev–Trinajstić information content (AvgIpc) is 2.90. The molecule has 1 heterocycles. The molecule has 5 heteroatoms. The van der Waals surface area contributed by atoms with Gasteiger partial charge in [-0.15, -0.1) is 0 Å². The molecule has 3 N–H and O–H groups in total. The third-order valence-corrected chi connectivity index (χ3v) is 3.26. The molecular weight excluding hydrogens is 252 g/mol. The molecule has 0 amide bonds. The molecule has 0 radical (unpaired) electrons. The molecule has 0 spiro atoms. The van der Waals surface area contributed by atoms with E-state index in [-0.39, 0.29) is 0 Å². The predicted octanol–water partition coefficient (Wildman–Crippen LogP) is 2.22. The smallest absolute Gasteiger partial charge is 0.213 e. The van der Waals surface area contributed by atoms with Gasteiger partial charge in [0.15, 0.2) is 5.96 Å². The average molecular weight is 276 g/mol. The zero-order chi connectivity index (χ0) is 14.4. The lowest BCUT2D eigenvalue weighted by molar-refractivity contribution is 0.201. The van der Waals surface area contributed by atoms with E-state index in [4.69, 9.17) is 10.5 Å². The molecule has 1 aliphatic rings. The fourth-order valence-corrected chi connectivity index (χ4v) is 2.27. The van der Waals surface area contributed by atoms with Crippen molar-refractivity contribution >= 4 is 5.96 Å². The molecule has 0 aliphatic heterocycles. The van der Waals surface area contributed by atoms with E-state index in [1.165, 1.54) is 12.8 Å². The first-order chi connectivity index (χ1) is 9.63. The monoisotopic (exact) mass is 276 g/mol. The van der Waals surface area contributed by atoms with Crippen LogP contribution in [0.3, 0.4) is 0 Å². The summed E-state index contributed by atoms with van der Waals surface area (Å²) < 4.78 is 5.82. The van der Waals surface area contributed by atoms with Crippen LogP contribution >= 0.6 is 0 Å². The van der Waals surface area contributed by atoms with Gasteiger partial charge in [-0.25, -0.2) is 9.98 Å². The fourth-order valence-electron chi connectivity index (χ4n) is 2.27. The quantitative estimate of drug-likeness (QED) is 0.639. The highest BCUT2D eigenvalue weighted by atomic mass is 16.5. The summed E-state index contributed by atoms with van der Waals surface area (Å²) in [6.07, 6.45) is 6.96. The van der Waals surface area contributed by atoms with Crippen molar-refractivity contribution in [3.05, 3.63) is 23.9 Å². The highest BCUT2D eigenvalue weighted by Crippen LogP contribution is 2.22. The van der Waals surface area contributed by atoms with Crippen LogP contribution in [-0.4, -0.2) is 23.1 Å². The fraction of sp³-hybridized carbons (Fsp3) is 0.600. The Morgan fingerprint density at radius 2 is 2.20 bits per heavy atom. The predicted molar refractivity (Wildman–Crippen MR) is 80.7 cm³/mol. The van der Waals surface area contributed by atoms with Crippen molar-refractivity contribution in [3.8, 4) is 5.88 Å². The Hall–Kier alpha value is -1.78. The van der Waals surface area contributed by atoms with Gasteiger partial charge in [0, 0.05) is 18.3 Å². The van der Waals surface area contributed by atoms with Crippen molar-refractivity contribution < 1.29 is 4.74 Å². The molecule has 1 saturated carbocycles. The second-order valence-electron chi connectivity index (χ2n) is 5.53. The van der Waals surface area contributed by atoms with Crippen LogP contribution in [0.4, 0.5) is 0 Å². The van der Waals surface area contributed by atoms with Gasteiger partial charge in [-0.05, 0) is 45.1 Å². The molecule has 1 aromatic rings. The van der Waals surface area contributed by atoms with Gasteiger partial charge < -0.3 is 15.8 Å². The maximum absolute atomic E-state index is 5.82. The van der Waals surface area contributed by atoms with Crippen LogP contribution in [-0.2, 0) is 6.54 Å². The third kappa shape index (κ3) is 4.72. The van der Waals surface area contributed by atoms with Crippen molar-refractivity contribution in [1.82, 2.24) is 10.3 Å². The third-order valence-electron chi connectivity index (χ3n) is 3.26. The molecule has 0 atom stereocenters. The number of nitrogens with zero attached hydrogens (tertiary/aromatic N) is 2. The molecule has 1 aromatic heterocycles. The van der Waals surface area contributed by atoms with Crippen molar-refractivity contribution in [2.24, 2.45) is 10.7 Å². The van der Waals surface area contributed by atoms with Crippen molar-refractivity contribution in [2.45, 2.75) is 58.2 Å². The number of nitrogens with one attached hydrogen (secondary N) is 1. The molecule has 1 aliphatic carbocycles. The van der Waals surface area contributed by atoms with Gasteiger partial charge >= 0.3 is 0 Å². The van der Waals surface area contributed by atoms with Crippen molar-refractivity contribution in [1.29, 1.82) is 0 Å². The summed E-state index contributed by atoms with van der Waals surface area (Å²) in [4.78, 5) is 8.60. The van der Waals surface area contributed by atoms with Gasteiger partial charge in [0.25, 0.3) is 0 Å². The number of nitrogens with two attached hydrogens (primary N) is 1. The van der Waals surface area contributed by atoms with Gasteiger partial charge in [0.2, 0.25) is 5.88 Å². The van der Waals surface area contributed by atoms with Gasteiger partial charge in [-0.1, -0.05) is 6.07 Å². The topological polar surface area (TPSA) is 72.5 Å². The summed E-state index contributed by atoms with van der Waals surface area (Å²) in [5, 5.41) is 3.06. The standard InChI is InChI=1S/C15H24N4O/c1-11(2)19-15(16)18-10-12-7-8-14(17-9-12)20-13-5-3-4-6-13/h7-9,11,13H,3-6,10H2,1-2H3,(H3,16,18,19). The highest BCUT2D eigenvalue weighted by Gasteiger charge is 2.16. The summed E-state index contributed by atoms with van der Waals surface area (Å²) in [5.41, 5.74) is 6.78. The van der Waals surface area contributed by atoms with Gasteiger partial charge in [-0.2, -0.15) is 0 Å². The summed E-state index contributed by atoms with van der Waals surface area (Å²) in [7, 11) is 0. The van der Waals surface area contributed by atoms with E-state index in [0.717, 1.165) is 18.4 Å². The maximum atomic E-state index is 5.82. The van der Waals surface area contributed by atoms with Crippen LogP contribution in [0.5, 0.6) is 5.88 Å². The Morgan fingerprint density at radius 1 is 1.45 bits per heavy atom. The molecule has 110 valence electrons. The Balaban J connectivity index is 1.84. The lowest BCUT2D eigenvalue weighted by Gasteiger charge is -2.12. The Morgan fingerprint density at radius 3 is 2.80 bits per heavy atom. The van der Waals surface area contributed by atoms with Crippen molar-refractivity contribution in [3.63, 3.8) is 0 Å². The Labute approximate surface area is 120 Å². The van der Waals surface area contributed by atoms with Crippen LogP contribution in [0.1, 0.15) is 45.1 Å². The van der Waals surface area contributed by atoms with Crippen LogP contribution < -0.4 is 15.8 Å². The van der Waals surface area contributed by atoms with Gasteiger partial charge in [-0.3, -0.25) is 0 Å². The Kier molecular flexibility index (Phi) is 5.21. The summed E-state index contributed by atoms with van der Waals surface area (Å²) >= 11 is 0. The number of guanidine groups is 1. The van der Waals surface area contributed by atoms with E-state index >= 15 is 0 Å². The van der Waals surface area contributed by atoms with E-state index < -0.39 is 0 Å². The molecule has 0 saturated heterocycles. The van der Waals surface area contributed by atoms with Crippen LogP contribution in [0.15, 0.2) is 23.3 Å². The van der Waals surface area contributed by atoms with Gasteiger partial charge in [0.05, 0.1) is 6.54 Å². The summed E-state index contributed by atoms with van der Waals surface area (Å²) in [5.74, 6) is 1.17. The first-order valence-corrected chi connectivity index (χ1v) is 7.31. The number of rotatable bonds is 5. The lowest BCUT2D eigenvalue weighted by atomic mass is 10.3. The van der Waals surface area contributed by atoms with E-state index in [2.05, 4.69) is 15.3 Å². The minimum atomic E-state index is 0.291. The molecule has 5 nitrogen and oxygen atoms in total. The van der Waals surface area contributed by atoms with E-state index in [1.807, 2.05) is 26.0 Å². The minimum absolute atomic E-state index is 0.291. The lowest BCUT2D eigenvalue weighted by Crippen LogP contribution is -2.36. The minimum Gasteiger partial charge on any atom is -0.474 e. The second kappa shape index (κ2) is 7.12. The number of aromatic nitrogens is 1. The number of ether oxygens (including phenoxy) is 1. The first-order valence-electron chi connectivity index (χ1n) is 7.31. The molecule has 20 heavy (non-hydrogen) atoms.